The molecule has 1 aliphatic rings. The molecule has 0 bridgehead atoms. The second-order valence-corrected chi connectivity index (χ2v) is 5.45. The van der Waals surface area contributed by atoms with Crippen LogP contribution in [-0.2, 0) is 0 Å². The van der Waals surface area contributed by atoms with Crippen LogP contribution in [0.3, 0.4) is 0 Å². The van der Waals surface area contributed by atoms with Crippen LogP contribution in [0.25, 0.3) is 0 Å². The molecule has 1 saturated carbocycles. The average molecular weight is 232 g/mol. The van der Waals surface area contributed by atoms with Crippen LogP contribution in [0.1, 0.15) is 30.7 Å². The second kappa shape index (κ2) is 5.65. The number of nitrogens with zero attached hydrogens (tertiary/aromatic N) is 1. The summed E-state index contributed by atoms with van der Waals surface area (Å²) in [6.07, 6.45) is 3.80. The van der Waals surface area contributed by atoms with Crippen molar-refractivity contribution in [2.75, 3.05) is 20.6 Å². The van der Waals surface area contributed by atoms with Gasteiger partial charge in [0.25, 0.3) is 0 Å². The van der Waals surface area contributed by atoms with Gasteiger partial charge in [-0.3, -0.25) is 0 Å². The van der Waals surface area contributed by atoms with Crippen LogP contribution in [0, 0.1) is 5.92 Å². The summed E-state index contributed by atoms with van der Waals surface area (Å²) >= 11 is 0. The Morgan fingerprint density at radius 2 is 1.88 bits per heavy atom. The molecule has 1 aromatic carbocycles. The van der Waals surface area contributed by atoms with Crippen LogP contribution in [-0.4, -0.2) is 31.6 Å². The third kappa shape index (κ3) is 2.88. The molecule has 0 radical (unpaired) electrons. The summed E-state index contributed by atoms with van der Waals surface area (Å²) in [4.78, 5) is 2.35. The molecule has 1 fully saturated rings. The molecule has 0 aromatic heterocycles. The van der Waals surface area contributed by atoms with Crippen LogP contribution in [0.2, 0.25) is 0 Å². The van der Waals surface area contributed by atoms with Crippen molar-refractivity contribution in [2.45, 2.75) is 31.2 Å². The summed E-state index contributed by atoms with van der Waals surface area (Å²) in [5.41, 5.74) is 7.38. The van der Waals surface area contributed by atoms with Crippen molar-refractivity contribution in [3.05, 3.63) is 35.9 Å². The van der Waals surface area contributed by atoms with E-state index in [1.54, 1.807) is 0 Å². The van der Waals surface area contributed by atoms with E-state index in [4.69, 9.17) is 5.73 Å². The fourth-order valence-corrected chi connectivity index (χ4v) is 3.14. The van der Waals surface area contributed by atoms with Crippen molar-refractivity contribution in [3.8, 4) is 0 Å². The first-order valence-corrected chi connectivity index (χ1v) is 6.63. The maximum Gasteiger partial charge on any atom is 0.0135 e. The molecule has 3 atom stereocenters. The van der Waals surface area contributed by atoms with Gasteiger partial charge >= 0.3 is 0 Å². The third-order valence-corrected chi connectivity index (χ3v) is 4.19. The number of benzene rings is 1. The van der Waals surface area contributed by atoms with E-state index in [0.717, 1.165) is 6.54 Å². The van der Waals surface area contributed by atoms with E-state index >= 15 is 0 Å². The lowest BCUT2D eigenvalue weighted by molar-refractivity contribution is 0.147. The van der Waals surface area contributed by atoms with Gasteiger partial charge < -0.3 is 10.6 Å². The molecule has 0 amide bonds. The Balaban J connectivity index is 2.09. The van der Waals surface area contributed by atoms with Crippen molar-refractivity contribution >= 4 is 0 Å². The Labute approximate surface area is 105 Å². The fraction of sp³-hybridized carbons (Fsp3) is 0.600. The Hall–Kier alpha value is -0.860. The molecule has 17 heavy (non-hydrogen) atoms. The predicted octanol–water partition coefficient (Wildman–Crippen LogP) is 2.46. The lowest BCUT2D eigenvalue weighted by Gasteiger charge is -2.39. The van der Waals surface area contributed by atoms with E-state index < -0.39 is 0 Å². The van der Waals surface area contributed by atoms with Gasteiger partial charge in [0.2, 0.25) is 0 Å². The Morgan fingerprint density at radius 3 is 2.47 bits per heavy atom. The van der Waals surface area contributed by atoms with E-state index in [1.807, 2.05) is 0 Å². The molecule has 2 N–H and O–H groups in total. The van der Waals surface area contributed by atoms with Gasteiger partial charge in [-0.2, -0.15) is 0 Å². The van der Waals surface area contributed by atoms with Crippen molar-refractivity contribution < 1.29 is 0 Å². The zero-order valence-electron chi connectivity index (χ0n) is 11.0. The summed E-state index contributed by atoms with van der Waals surface area (Å²) in [7, 11) is 4.36. The quantitative estimate of drug-likeness (QED) is 0.867. The van der Waals surface area contributed by atoms with Gasteiger partial charge in [0.05, 0.1) is 0 Å². The molecule has 2 nitrogen and oxygen atoms in total. The van der Waals surface area contributed by atoms with Crippen LogP contribution >= 0.6 is 0 Å². The second-order valence-electron chi connectivity index (χ2n) is 5.45. The predicted molar refractivity (Wildman–Crippen MR) is 73.1 cm³/mol. The molecule has 2 heteroatoms. The van der Waals surface area contributed by atoms with Crippen molar-refractivity contribution in [2.24, 2.45) is 11.7 Å². The molecule has 0 heterocycles. The highest BCUT2D eigenvalue weighted by atomic mass is 15.1. The third-order valence-electron chi connectivity index (χ3n) is 4.19. The lowest BCUT2D eigenvalue weighted by atomic mass is 9.75. The van der Waals surface area contributed by atoms with Gasteiger partial charge in [0.1, 0.15) is 0 Å². The minimum Gasteiger partial charge on any atom is -0.330 e. The molecule has 0 aliphatic heterocycles. The van der Waals surface area contributed by atoms with Crippen molar-refractivity contribution in [3.63, 3.8) is 0 Å². The topological polar surface area (TPSA) is 29.3 Å². The van der Waals surface area contributed by atoms with Crippen LogP contribution in [0.15, 0.2) is 30.3 Å². The minimum absolute atomic E-state index is 0.638. The van der Waals surface area contributed by atoms with E-state index in [2.05, 4.69) is 49.3 Å². The monoisotopic (exact) mass is 232 g/mol. The van der Waals surface area contributed by atoms with Gasteiger partial charge in [-0.1, -0.05) is 30.3 Å². The van der Waals surface area contributed by atoms with Gasteiger partial charge in [-0.25, -0.2) is 0 Å². The van der Waals surface area contributed by atoms with Crippen molar-refractivity contribution in [1.82, 2.24) is 4.90 Å². The van der Waals surface area contributed by atoms with Gasteiger partial charge in [-0.15, -0.1) is 0 Å². The van der Waals surface area contributed by atoms with Gasteiger partial charge in [-0.05, 0) is 57.3 Å². The van der Waals surface area contributed by atoms with Crippen LogP contribution in [0.5, 0.6) is 0 Å². The number of hydrogen-bond acceptors (Lipinski definition) is 2. The Bertz CT molecular complexity index is 334. The normalized spacial score (nSPS) is 29.5. The highest BCUT2D eigenvalue weighted by Gasteiger charge is 2.31. The summed E-state index contributed by atoms with van der Waals surface area (Å²) in [5.74, 6) is 1.39. The van der Waals surface area contributed by atoms with E-state index in [9.17, 15) is 0 Å². The lowest BCUT2D eigenvalue weighted by Crippen LogP contribution is -2.42. The van der Waals surface area contributed by atoms with E-state index in [-0.39, 0.29) is 0 Å². The first kappa shape index (κ1) is 12.6. The van der Waals surface area contributed by atoms with Gasteiger partial charge in [0.15, 0.2) is 0 Å². The van der Waals surface area contributed by atoms with E-state index in [1.165, 1.54) is 24.8 Å². The highest BCUT2D eigenvalue weighted by molar-refractivity contribution is 5.20. The molecule has 1 aliphatic carbocycles. The molecule has 0 spiro atoms. The number of hydrogen-bond donors (Lipinski definition) is 1. The standard InChI is InChI=1S/C15H24N2/c1-17(2)15-10-13(8-9-14(15)11-16)12-6-4-3-5-7-12/h3-7,13-15H,8-11,16H2,1-2H3. The van der Waals surface area contributed by atoms with Crippen LogP contribution < -0.4 is 5.73 Å². The molecule has 94 valence electrons. The van der Waals surface area contributed by atoms with E-state index in [0.29, 0.717) is 17.9 Å². The van der Waals surface area contributed by atoms with Crippen molar-refractivity contribution in [1.29, 1.82) is 0 Å². The summed E-state index contributed by atoms with van der Waals surface area (Å²) < 4.78 is 0. The average Bonchev–Trinajstić information content (AvgIpc) is 2.39. The number of rotatable bonds is 3. The molecule has 0 saturated heterocycles. The van der Waals surface area contributed by atoms with Crippen LogP contribution in [0.4, 0.5) is 0 Å². The maximum absolute atomic E-state index is 5.89. The Morgan fingerprint density at radius 1 is 1.18 bits per heavy atom. The fourth-order valence-electron chi connectivity index (χ4n) is 3.14. The van der Waals surface area contributed by atoms with Gasteiger partial charge in [0, 0.05) is 6.04 Å². The maximum atomic E-state index is 5.89. The summed E-state index contributed by atoms with van der Waals surface area (Å²) in [5, 5.41) is 0. The molecular formula is C15H24N2. The zero-order chi connectivity index (χ0) is 12.3. The largest absolute Gasteiger partial charge is 0.330 e. The minimum atomic E-state index is 0.638. The molecule has 2 rings (SSSR count). The smallest absolute Gasteiger partial charge is 0.0135 e. The highest BCUT2D eigenvalue weighted by Crippen LogP contribution is 2.37. The molecule has 1 aromatic rings. The first-order chi connectivity index (χ1) is 8.22. The molecule has 3 unspecified atom stereocenters. The SMILES string of the molecule is CN(C)C1CC(c2ccccc2)CCC1CN. The summed E-state index contributed by atoms with van der Waals surface area (Å²) in [6, 6.07) is 11.6. The molecular weight excluding hydrogens is 208 g/mol. The first-order valence-electron chi connectivity index (χ1n) is 6.63. The summed E-state index contributed by atoms with van der Waals surface area (Å²) in [6.45, 7) is 0.824. The zero-order valence-corrected chi connectivity index (χ0v) is 11.0. The Kier molecular flexibility index (Phi) is 4.19. The number of nitrogens with two attached hydrogens (primary N) is 1.